The lowest BCUT2D eigenvalue weighted by Gasteiger charge is -2.38. The summed E-state index contributed by atoms with van der Waals surface area (Å²) in [6, 6.07) is 5.90. The molecule has 0 aliphatic carbocycles. The van der Waals surface area contributed by atoms with Crippen molar-refractivity contribution in [3.05, 3.63) is 23.8 Å². The Morgan fingerprint density at radius 3 is 2.29 bits per heavy atom. The van der Waals surface area contributed by atoms with E-state index in [0.29, 0.717) is 30.2 Å². The number of carboxylic acids is 1. The molecule has 2 aliphatic rings. The fourth-order valence-corrected chi connectivity index (χ4v) is 3.89. The van der Waals surface area contributed by atoms with E-state index in [4.69, 9.17) is 29.8 Å². The molecule has 1 amide bonds. The molecule has 0 aromatic heterocycles. The van der Waals surface area contributed by atoms with E-state index in [1.54, 1.807) is 32.4 Å². The minimum absolute atomic E-state index is 0.0701. The number of nitrogens with zero attached hydrogens (tertiary/aromatic N) is 1. The second kappa shape index (κ2) is 10.3. The first-order valence-corrected chi connectivity index (χ1v) is 9.47. The molecule has 2 fully saturated rings. The van der Waals surface area contributed by atoms with Crippen LogP contribution in [0.3, 0.4) is 0 Å². The Morgan fingerprint density at radius 2 is 1.79 bits per heavy atom. The molecule has 2 heterocycles. The van der Waals surface area contributed by atoms with Gasteiger partial charge in [0.25, 0.3) is 11.9 Å². The van der Waals surface area contributed by atoms with Crippen LogP contribution < -0.4 is 15.2 Å². The number of fused-ring (bicyclic) bond motifs is 2. The molecule has 8 heteroatoms. The van der Waals surface area contributed by atoms with Crippen molar-refractivity contribution in [3.63, 3.8) is 0 Å². The largest absolute Gasteiger partial charge is 0.493 e. The van der Waals surface area contributed by atoms with Crippen molar-refractivity contribution in [1.29, 1.82) is 0 Å². The van der Waals surface area contributed by atoms with Gasteiger partial charge in [0.05, 0.1) is 13.2 Å². The second-order valence-electron chi connectivity index (χ2n) is 6.95. The average molecular weight is 394 g/mol. The molecule has 8 nitrogen and oxygen atoms in total. The number of carboxylic acid groups (broad SMARTS) is 1. The van der Waals surface area contributed by atoms with Crippen LogP contribution in [0.2, 0.25) is 0 Å². The predicted molar refractivity (Wildman–Crippen MR) is 104 cm³/mol. The van der Waals surface area contributed by atoms with Crippen LogP contribution in [0.4, 0.5) is 0 Å². The van der Waals surface area contributed by atoms with Gasteiger partial charge in [0.2, 0.25) is 0 Å². The maximum absolute atomic E-state index is 13.0. The molecule has 3 N–H and O–H groups in total. The molecule has 0 spiro atoms. The quantitative estimate of drug-likeness (QED) is 0.758. The van der Waals surface area contributed by atoms with Crippen LogP contribution in [0.5, 0.6) is 11.5 Å². The van der Waals surface area contributed by atoms with Crippen molar-refractivity contribution in [2.45, 2.75) is 50.8 Å². The van der Waals surface area contributed by atoms with Gasteiger partial charge in [0.15, 0.2) is 11.5 Å². The van der Waals surface area contributed by atoms with E-state index < -0.39 is 5.97 Å². The van der Waals surface area contributed by atoms with Gasteiger partial charge in [0.1, 0.15) is 6.61 Å². The zero-order chi connectivity index (χ0) is 20.7. The van der Waals surface area contributed by atoms with Gasteiger partial charge in [-0.25, -0.2) is 0 Å². The average Bonchev–Trinajstić information content (AvgIpc) is 2.94. The highest BCUT2D eigenvalue weighted by Crippen LogP contribution is 2.38. The van der Waals surface area contributed by atoms with Crippen molar-refractivity contribution in [2.24, 2.45) is 5.73 Å². The summed E-state index contributed by atoms with van der Waals surface area (Å²) in [4.78, 5) is 24.1. The number of amides is 1. The van der Waals surface area contributed by atoms with Crippen molar-refractivity contribution in [2.75, 3.05) is 27.4 Å². The van der Waals surface area contributed by atoms with Crippen molar-refractivity contribution in [3.8, 4) is 11.5 Å². The minimum atomic E-state index is -0.833. The van der Waals surface area contributed by atoms with Gasteiger partial charge in [-0.1, -0.05) is 0 Å². The molecule has 2 saturated heterocycles. The monoisotopic (exact) mass is 394 g/mol. The van der Waals surface area contributed by atoms with Crippen molar-refractivity contribution in [1.82, 2.24) is 4.90 Å². The third kappa shape index (κ3) is 5.36. The summed E-state index contributed by atoms with van der Waals surface area (Å²) in [7, 11) is 3.33. The molecule has 3 rings (SSSR count). The zero-order valence-electron chi connectivity index (χ0n) is 16.7. The van der Waals surface area contributed by atoms with Crippen LogP contribution in [-0.2, 0) is 9.53 Å². The number of carbonyl (C=O) groups excluding carboxylic acids is 1. The smallest absolute Gasteiger partial charge is 0.300 e. The predicted octanol–water partition coefficient (Wildman–Crippen LogP) is 1.91. The topological polar surface area (TPSA) is 111 Å². The van der Waals surface area contributed by atoms with Gasteiger partial charge < -0.3 is 30.0 Å². The number of nitrogens with two attached hydrogens (primary N) is 1. The number of hydrogen-bond acceptors (Lipinski definition) is 6. The number of carbonyl (C=O) groups is 2. The molecule has 0 radical (unpaired) electrons. The normalized spacial score (nSPS) is 22.9. The van der Waals surface area contributed by atoms with Crippen LogP contribution in [-0.4, -0.2) is 67.4 Å². The first-order valence-electron chi connectivity index (χ1n) is 9.47. The lowest BCUT2D eigenvalue weighted by molar-refractivity contribution is -0.134. The van der Waals surface area contributed by atoms with E-state index in [0.717, 1.165) is 32.6 Å². The molecular weight excluding hydrogens is 364 g/mol. The van der Waals surface area contributed by atoms with E-state index in [1.807, 2.05) is 4.90 Å². The summed E-state index contributed by atoms with van der Waals surface area (Å²) in [6.07, 6.45) is 4.24. The minimum Gasteiger partial charge on any atom is -0.493 e. The van der Waals surface area contributed by atoms with E-state index in [2.05, 4.69) is 0 Å². The maximum atomic E-state index is 13.0. The third-order valence-electron chi connectivity index (χ3n) is 5.04. The SMILES string of the molecule is CC(=O)O.COc1cc(C(=O)N2[C@@H]3CC[C@H]2CC(OC)C3)ccc1OCCN. The first kappa shape index (κ1) is 22.0. The molecular formula is C20H30N2O6. The van der Waals surface area contributed by atoms with Crippen LogP contribution in [0.15, 0.2) is 18.2 Å². The number of aliphatic carboxylic acids is 1. The summed E-state index contributed by atoms with van der Waals surface area (Å²) in [5, 5.41) is 7.42. The molecule has 1 aromatic rings. The molecule has 156 valence electrons. The summed E-state index contributed by atoms with van der Waals surface area (Å²) < 4.78 is 16.4. The highest BCUT2D eigenvalue weighted by Gasteiger charge is 2.43. The maximum Gasteiger partial charge on any atom is 0.300 e. The molecule has 0 saturated carbocycles. The Morgan fingerprint density at radius 1 is 1.18 bits per heavy atom. The van der Waals surface area contributed by atoms with Crippen LogP contribution >= 0.6 is 0 Å². The molecule has 1 unspecified atom stereocenters. The Bertz CT molecular complexity index is 663. The molecule has 2 aliphatic heterocycles. The molecule has 3 atom stereocenters. The Balaban J connectivity index is 0.000000640. The lowest BCUT2D eigenvalue weighted by atomic mass is 9.98. The van der Waals surface area contributed by atoms with Gasteiger partial charge >= 0.3 is 0 Å². The number of methoxy groups -OCH3 is 2. The summed E-state index contributed by atoms with van der Waals surface area (Å²) in [5.41, 5.74) is 6.11. The number of hydrogen-bond donors (Lipinski definition) is 2. The third-order valence-corrected chi connectivity index (χ3v) is 5.04. The zero-order valence-corrected chi connectivity index (χ0v) is 16.7. The van der Waals surface area contributed by atoms with Crippen molar-refractivity contribution >= 4 is 11.9 Å². The lowest BCUT2D eigenvalue weighted by Crippen LogP contribution is -2.48. The highest BCUT2D eigenvalue weighted by atomic mass is 16.5. The van der Waals surface area contributed by atoms with Crippen LogP contribution in [0, 0.1) is 0 Å². The van der Waals surface area contributed by atoms with Crippen molar-refractivity contribution < 1.29 is 28.9 Å². The highest BCUT2D eigenvalue weighted by molar-refractivity contribution is 5.95. The fourth-order valence-electron chi connectivity index (χ4n) is 3.89. The van der Waals surface area contributed by atoms with Gasteiger partial charge in [-0.3, -0.25) is 9.59 Å². The number of ether oxygens (including phenoxy) is 3. The van der Waals surface area contributed by atoms with Crippen LogP contribution in [0.1, 0.15) is 43.0 Å². The van der Waals surface area contributed by atoms with E-state index >= 15 is 0 Å². The standard InChI is InChI=1S/C18H26N2O4.C2H4O2/c1-22-15-10-13-4-5-14(11-15)20(13)18(21)12-3-6-16(24-8-7-19)17(9-12)23-2;1-2(3)4/h3,6,9,13-15H,4-5,7-8,10-11,19H2,1-2H3;1H3,(H,3,4)/t13-,14+,15?;. The Hall–Kier alpha value is -2.32. The number of piperidine rings is 1. The fraction of sp³-hybridized carbons (Fsp3) is 0.600. The van der Waals surface area contributed by atoms with E-state index in [1.165, 1.54) is 0 Å². The Labute approximate surface area is 165 Å². The molecule has 1 aromatic carbocycles. The van der Waals surface area contributed by atoms with E-state index in [9.17, 15) is 4.79 Å². The summed E-state index contributed by atoms with van der Waals surface area (Å²) >= 11 is 0. The summed E-state index contributed by atoms with van der Waals surface area (Å²) in [6.45, 7) is 1.93. The Kier molecular flexibility index (Phi) is 8.07. The second-order valence-corrected chi connectivity index (χ2v) is 6.95. The molecule has 2 bridgehead atoms. The van der Waals surface area contributed by atoms with Crippen LogP contribution in [0.25, 0.3) is 0 Å². The number of benzene rings is 1. The van der Waals surface area contributed by atoms with E-state index in [-0.39, 0.29) is 24.1 Å². The molecule has 28 heavy (non-hydrogen) atoms. The first-order chi connectivity index (χ1) is 13.4. The van der Waals surface area contributed by atoms with Gasteiger partial charge in [-0.05, 0) is 43.9 Å². The summed E-state index contributed by atoms with van der Waals surface area (Å²) in [5.74, 6) is 0.412. The van der Waals surface area contributed by atoms with Gasteiger partial charge in [-0.2, -0.15) is 0 Å². The van der Waals surface area contributed by atoms with Gasteiger partial charge in [-0.15, -0.1) is 0 Å². The van der Waals surface area contributed by atoms with Gasteiger partial charge in [0, 0.05) is 38.2 Å². The number of rotatable bonds is 6.